The Morgan fingerprint density at radius 3 is 2.81 bits per heavy atom. The fourth-order valence-electron chi connectivity index (χ4n) is 1.30. The summed E-state index contributed by atoms with van der Waals surface area (Å²) in [5, 5.41) is 6.58. The second-order valence-electron chi connectivity index (χ2n) is 4.05. The molecule has 0 radical (unpaired) electrons. The van der Waals surface area contributed by atoms with Crippen LogP contribution in [0.1, 0.15) is 29.9 Å². The number of hydrogen-bond acceptors (Lipinski definition) is 3. The molecule has 0 bridgehead atoms. The van der Waals surface area contributed by atoms with Gasteiger partial charge in [-0.2, -0.15) is 5.10 Å². The lowest BCUT2D eigenvalue weighted by atomic mass is 10.2. The maximum Gasteiger partial charge on any atom is 0.257 e. The van der Waals surface area contributed by atoms with Gasteiger partial charge in [0, 0.05) is 19.3 Å². The quantitative estimate of drug-likeness (QED) is 0.819. The molecule has 0 saturated carbocycles. The average Bonchev–Trinajstić information content (AvgIpc) is 2.62. The Morgan fingerprint density at radius 2 is 2.31 bits per heavy atom. The third-order valence-electron chi connectivity index (χ3n) is 2.28. The van der Waals surface area contributed by atoms with Gasteiger partial charge in [0.2, 0.25) is 0 Å². The summed E-state index contributed by atoms with van der Waals surface area (Å²) in [6, 6.07) is 0. The number of carbonyl (C=O) groups is 1. The number of carbonyl (C=O) groups excluding carboxylic acids is 1. The van der Waals surface area contributed by atoms with Crippen LogP contribution >= 0.6 is 0 Å². The third kappa shape index (κ3) is 3.34. The van der Waals surface area contributed by atoms with Gasteiger partial charge in [-0.3, -0.25) is 9.89 Å². The summed E-state index contributed by atoms with van der Waals surface area (Å²) in [6.45, 7) is 6.92. The molecule has 1 aromatic heterocycles. The molecule has 1 heterocycles. The predicted molar refractivity (Wildman–Crippen MR) is 61.4 cm³/mol. The van der Waals surface area contributed by atoms with Crippen molar-refractivity contribution in [1.82, 2.24) is 15.1 Å². The molecule has 5 nitrogen and oxygen atoms in total. The van der Waals surface area contributed by atoms with E-state index in [0.717, 1.165) is 5.69 Å². The molecule has 0 spiro atoms. The van der Waals surface area contributed by atoms with Crippen LogP contribution in [0.25, 0.3) is 0 Å². The van der Waals surface area contributed by atoms with Crippen LogP contribution in [-0.4, -0.2) is 47.3 Å². The number of ether oxygens (including phenoxy) is 1. The average molecular weight is 225 g/mol. The van der Waals surface area contributed by atoms with Crippen molar-refractivity contribution in [2.45, 2.75) is 26.9 Å². The molecule has 0 aliphatic carbocycles. The number of nitrogens with zero attached hydrogens (tertiary/aromatic N) is 2. The Hall–Kier alpha value is -1.36. The SMILES string of the molecule is Cc1[nH]ncc1C(=O)N(C)CCOC(C)C. The lowest BCUT2D eigenvalue weighted by Gasteiger charge is -2.17. The first kappa shape index (κ1) is 12.7. The highest BCUT2D eigenvalue weighted by molar-refractivity contribution is 5.94. The van der Waals surface area contributed by atoms with Crippen molar-refractivity contribution >= 4 is 5.91 Å². The normalized spacial score (nSPS) is 10.8. The van der Waals surface area contributed by atoms with E-state index >= 15 is 0 Å². The summed E-state index contributed by atoms with van der Waals surface area (Å²) >= 11 is 0. The highest BCUT2D eigenvalue weighted by Crippen LogP contribution is 2.06. The monoisotopic (exact) mass is 225 g/mol. The number of aryl methyl sites for hydroxylation is 1. The molecule has 0 aliphatic rings. The maximum absolute atomic E-state index is 11.9. The molecule has 0 aromatic carbocycles. The zero-order chi connectivity index (χ0) is 12.1. The van der Waals surface area contributed by atoms with Gasteiger partial charge in [-0.15, -0.1) is 0 Å². The first-order chi connectivity index (χ1) is 7.52. The predicted octanol–water partition coefficient (Wildman–Crippen LogP) is 1.22. The smallest absolute Gasteiger partial charge is 0.257 e. The largest absolute Gasteiger partial charge is 0.377 e. The van der Waals surface area contributed by atoms with E-state index < -0.39 is 0 Å². The number of aromatic nitrogens is 2. The first-order valence-corrected chi connectivity index (χ1v) is 5.39. The second-order valence-corrected chi connectivity index (χ2v) is 4.05. The van der Waals surface area contributed by atoms with Crippen molar-refractivity contribution in [1.29, 1.82) is 0 Å². The van der Waals surface area contributed by atoms with E-state index in [1.165, 1.54) is 0 Å². The minimum atomic E-state index is -0.0291. The first-order valence-electron chi connectivity index (χ1n) is 5.39. The number of likely N-dealkylation sites (N-methyl/N-ethyl adjacent to an activating group) is 1. The fraction of sp³-hybridized carbons (Fsp3) is 0.636. The standard InChI is InChI=1S/C11H19N3O2/c1-8(2)16-6-5-14(4)11(15)10-7-12-13-9(10)3/h7-8H,5-6H2,1-4H3,(H,12,13). The molecule has 1 aromatic rings. The van der Waals surface area contributed by atoms with Crippen molar-refractivity contribution < 1.29 is 9.53 Å². The van der Waals surface area contributed by atoms with Gasteiger partial charge in [0.25, 0.3) is 5.91 Å². The Morgan fingerprint density at radius 1 is 1.62 bits per heavy atom. The van der Waals surface area contributed by atoms with Gasteiger partial charge >= 0.3 is 0 Å². The Kier molecular flexibility index (Phi) is 4.49. The topological polar surface area (TPSA) is 58.2 Å². The van der Waals surface area contributed by atoms with Crippen LogP contribution in [-0.2, 0) is 4.74 Å². The van der Waals surface area contributed by atoms with Gasteiger partial charge < -0.3 is 9.64 Å². The van der Waals surface area contributed by atoms with Gasteiger partial charge in [0.15, 0.2) is 0 Å². The minimum absolute atomic E-state index is 0.0291. The summed E-state index contributed by atoms with van der Waals surface area (Å²) < 4.78 is 5.39. The Balaban J connectivity index is 2.46. The van der Waals surface area contributed by atoms with Crippen LogP contribution in [0.5, 0.6) is 0 Å². The molecule has 0 atom stereocenters. The molecule has 1 amide bonds. The number of rotatable bonds is 5. The van der Waals surface area contributed by atoms with Crippen molar-refractivity contribution in [2.24, 2.45) is 0 Å². The number of H-pyrrole nitrogens is 1. The maximum atomic E-state index is 11.9. The van der Waals surface area contributed by atoms with Crippen LogP contribution in [0.2, 0.25) is 0 Å². The molecule has 0 saturated heterocycles. The lowest BCUT2D eigenvalue weighted by Crippen LogP contribution is -2.31. The molecule has 16 heavy (non-hydrogen) atoms. The van der Waals surface area contributed by atoms with Crippen molar-refractivity contribution in [3.8, 4) is 0 Å². The van der Waals surface area contributed by atoms with E-state index in [-0.39, 0.29) is 12.0 Å². The van der Waals surface area contributed by atoms with Crippen LogP contribution in [0.4, 0.5) is 0 Å². The third-order valence-corrected chi connectivity index (χ3v) is 2.28. The van der Waals surface area contributed by atoms with Crippen LogP contribution in [0.3, 0.4) is 0 Å². The Bertz CT molecular complexity index is 347. The zero-order valence-corrected chi connectivity index (χ0v) is 10.3. The number of nitrogens with one attached hydrogen (secondary N) is 1. The van der Waals surface area contributed by atoms with Crippen molar-refractivity contribution in [3.63, 3.8) is 0 Å². The van der Waals surface area contributed by atoms with E-state index in [0.29, 0.717) is 18.7 Å². The molecule has 1 N–H and O–H groups in total. The Labute approximate surface area is 95.8 Å². The summed E-state index contributed by atoms with van der Waals surface area (Å²) in [5.41, 5.74) is 1.41. The molecular weight excluding hydrogens is 206 g/mol. The summed E-state index contributed by atoms with van der Waals surface area (Å²) in [5.74, 6) is -0.0291. The lowest BCUT2D eigenvalue weighted by molar-refractivity contribution is 0.0531. The van der Waals surface area contributed by atoms with E-state index in [4.69, 9.17) is 4.74 Å². The van der Waals surface area contributed by atoms with Crippen molar-refractivity contribution in [3.05, 3.63) is 17.5 Å². The zero-order valence-electron chi connectivity index (χ0n) is 10.3. The highest BCUT2D eigenvalue weighted by atomic mass is 16.5. The highest BCUT2D eigenvalue weighted by Gasteiger charge is 2.15. The number of aromatic amines is 1. The van der Waals surface area contributed by atoms with Gasteiger partial charge in [-0.25, -0.2) is 0 Å². The molecule has 0 fully saturated rings. The van der Waals surface area contributed by atoms with Gasteiger partial charge in [-0.05, 0) is 20.8 Å². The summed E-state index contributed by atoms with van der Waals surface area (Å²) in [7, 11) is 1.76. The van der Waals surface area contributed by atoms with Crippen LogP contribution in [0.15, 0.2) is 6.20 Å². The van der Waals surface area contributed by atoms with E-state index in [1.807, 2.05) is 20.8 Å². The van der Waals surface area contributed by atoms with E-state index in [9.17, 15) is 4.79 Å². The van der Waals surface area contributed by atoms with Crippen LogP contribution in [0, 0.1) is 6.92 Å². The second kappa shape index (κ2) is 5.65. The molecule has 1 rings (SSSR count). The van der Waals surface area contributed by atoms with E-state index in [1.54, 1.807) is 18.1 Å². The minimum Gasteiger partial charge on any atom is -0.377 e. The van der Waals surface area contributed by atoms with Gasteiger partial charge in [0.05, 0.1) is 24.5 Å². The summed E-state index contributed by atoms with van der Waals surface area (Å²) in [4.78, 5) is 13.6. The molecule has 90 valence electrons. The summed E-state index contributed by atoms with van der Waals surface area (Å²) in [6.07, 6.45) is 1.75. The molecule has 0 unspecified atom stereocenters. The van der Waals surface area contributed by atoms with E-state index in [2.05, 4.69) is 10.2 Å². The van der Waals surface area contributed by atoms with Crippen LogP contribution < -0.4 is 0 Å². The van der Waals surface area contributed by atoms with Gasteiger partial charge in [-0.1, -0.05) is 0 Å². The molecule has 5 heteroatoms. The van der Waals surface area contributed by atoms with Gasteiger partial charge in [0.1, 0.15) is 0 Å². The fourth-order valence-corrected chi connectivity index (χ4v) is 1.30. The molecular formula is C11H19N3O2. The van der Waals surface area contributed by atoms with Crippen molar-refractivity contribution in [2.75, 3.05) is 20.2 Å². The molecule has 0 aliphatic heterocycles. The number of amides is 1. The number of hydrogen-bond donors (Lipinski definition) is 1.